The zero-order chi connectivity index (χ0) is 16.4. The highest BCUT2D eigenvalue weighted by Gasteiger charge is 2.09. The molecule has 118 valence electrons. The summed E-state index contributed by atoms with van der Waals surface area (Å²) in [7, 11) is 3.42. The molecule has 0 saturated carbocycles. The van der Waals surface area contributed by atoms with Crippen LogP contribution in [0.25, 0.3) is 11.4 Å². The van der Waals surface area contributed by atoms with Gasteiger partial charge in [0, 0.05) is 43.3 Å². The minimum Gasteiger partial charge on any atom is -0.497 e. The van der Waals surface area contributed by atoms with E-state index < -0.39 is 0 Å². The number of benzene rings is 1. The summed E-state index contributed by atoms with van der Waals surface area (Å²) in [4.78, 5) is 16.3. The molecule has 0 aliphatic rings. The average molecular weight is 309 g/mol. The summed E-state index contributed by atoms with van der Waals surface area (Å²) < 4.78 is 8.85. The first-order chi connectivity index (χ1) is 11.1. The number of pyridine rings is 1. The van der Waals surface area contributed by atoms with Crippen LogP contribution in [0, 0.1) is 6.92 Å². The first-order valence-corrected chi connectivity index (χ1v) is 7.40. The Morgan fingerprint density at radius 1 is 1.22 bits per heavy atom. The third-order valence-corrected chi connectivity index (χ3v) is 3.85. The molecule has 23 heavy (non-hydrogen) atoms. The number of aromatic nitrogens is 3. The van der Waals surface area contributed by atoms with Gasteiger partial charge < -0.3 is 13.9 Å². The van der Waals surface area contributed by atoms with Gasteiger partial charge in [0.2, 0.25) is 0 Å². The van der Waals surface area contributed by atoms with Gasteiger partial charge in [-0.3, -0.25) is 4.79 Å². The van der Waals surface area contributed by atoms with Crippen molar-refractivity contribution in [2.24, 2.45) is 7.05 Å². The number of rotatable bonds is 4. The molecule has 1 aromatic carbocycles. The van der Waals surface area contributed by atoms with Crippen molar-refractivity contribution in [1.29, 1.82) is 0 Å². The SMILES string of the molecule is COc1ccc(Cn2ccnc2-c2cc(C)c(=O)n(C)c2)cc1. The minimum absolute atomic E-state index is 0.0158. The van der Waals surface area contributed by atoms with Crippen molar-refractivity contribution >= 4 is 0 Å². The number of aryl methyl sites for hydroxylation is 2. The second kappa shape index (κ2) is 6.12. The zero-order valence-corrected chi connectivity index (χ0v) is 13.5. The van der Waals surface area contributed by atoms with Gasteiger partial charge in [-0.25, -0.2) is 4.98 Å². The van der Waals surface area contributed by atoms with E-state index in [1.165, 1.54) is 0 Å². The molecule has 0 spiro atoms. The second-order valence-corrected chi connectivity index (χ2v) is 5.55. The van der Waals surface area contributed by atoms with Crippen LogP contribution in [0.4, 0.5) is 0 Å². The molecule has 2 heterocycles. The topological polar surface area (TPSA) is 49.1 Å². The lowest BCUT2D eigenvalue weighted by Crippen LogP contribution is -2.18. The summed E-state index contributed by atoms with van der Waals surface area (Å²) in [5.74, 6) is 1.69. The van der Waals surface area contributed by atoms with Crippen LogP contribution in [0.5, 0.6) is 5.75 Å². The predicted octanol–water partition coefficient (Wildman–Crippen LogP) is 2.61. The molecule has 0 amide bonds. The van der Waals surface area contributed by atoms with Gasteiger partial charge in [-0.2, -0.15) is 0 Å². The van der Waals surface area contributed by atoms with Gasteiger partial charge in [-0.15, -0.1) is 0 Å². The van der Waals surface area contributed by atoms with Crippen molar-refractivity contribution in [2.75, 3.05) is 7.11 Å². The fourth-order valence-corrected chi connectivity index (χ4v) is 2.62. The fourth-order valence-electron chi connectivity index (χ4n) is 2.62. The van der Waals surface area contributed by atoms with Gasteiger partial charge in [0.05, 0.1) is 7.11 Å². The summed E-state index contributed by atoms with van der Waals surface area (Å²) in [6.07, 6.45) is 5.54. The average Bonchev–Trinajstić information content (AvgIpc) is 3.01. The lowest BCUT2D eigenvalue weighted by Gasteiger charge is -2.10. The summed E-state index contributed by atoms with van der Waals surface area (Å²) in [5, 5.41) is 0. The molecule has 3 aromatic rings. The van der Waals surface area contributed by atoms with E-state index in [1.807, 2.05) is 49.6 Å². The molecular weight excluding hydrogens is 290 g/mol. The van der Waals surface area contributed by atoms with Crippen molar-refractivity contribution in [3.63, 3.8) is 0 Å². The van der Waals surface area contributed by atoms with Gasteiger partial charge in [0.1, 0.15) is 11.6 Å². The molecule has 0 unspecified atom stereocenters. The number of methoxy groups -OCH3 is 1. The summed E-state index contributed by atoms with van der Waals surface area (Å²) in [6.45, 7) is 2.53. The van der Waals surface area contributed by atoms with Crippen LogP contribution in [-0.4, -0.2) is 21.2 Å². The van der Waals surface area contributed by atoms with Crippen LogP contribution in [0.15, 0.2) is 53.7 Å². The lowest BCUT2D eigenvalue weighted by molar-refractivity contribution is 0.414. The third-order valence-electron chi connectivity index (χ3n) is 3.85. The highest BCUT2D eigenvalue weighted by molar-refractivity contribution is 5.55. The maximum atomic E-state index is 11.9. The molecule has 0 atom stereocenters. The van der Waals surface area contributed by atoms with Gasteiger partial charge in [-0.05, 0) is 30.7 Å². The van der Waals surface area contributed by atoms with E-state index in [2.05, 4.69) is 9.55 Å². The summed E-state index contributed by atoms with van der Waals surface area (Å²) in [6, 6.07) is 9.85. The second-order valence-electron chi connectivity index (χ2n) is 5.55. The van der Waals surface area contributed by atoms with Crippen LogP contribution in [0.2, 0.25) is 0 Å². The van der Waals surface area contributed by atoms with Crippen LogP contribution in [0.1, 0.15) is 11.1 Å². The highest BCUT2D eigenvalue weighted by atomic mass is 16.5. The Kier molecular flexibility index (Phi) is 4.02. The standard InChI is InChI=1S/C18H19N3O2/c1-13-10-15(12-20(2)18(13)22)17-19-8-9-21(17)11-14-4-6-16(23-3)7-5-14/h4-10,12H,11H2,1-3H3. The quantitative estimate of drug-likeness (QED) is 0.744. The Labute approximate surface area is 134 Å². The van der Waals surface area contributed by atoms with Crippen LogP contribution >= 0.6 is 0 Å². The van der Waals surface area contributed by atoms with E-state index >= 15 is 0 Å². The maximum absolute atomic E-state index is 11.9. The van der Waals surface area contributed by atoms with Crippen LogP contribution < -0.4 is 10.3 Å². The molecule has 0 fully saturated rings. The van der Waals surface area contributed by atoms with Crippen LogP contribution in [-0.2, 0) is 13.6 Å². The number of ether oxygens (including phenoxy) is 1. The summed E-state index contributed by atoms with van der Waals surface area (Å²) in [5.41, 5.74) is 2.82. The third kappa shape index (κ3) is 3.04. The molecule has 0 aliphatic carbocycles. The van der Waals surface area contributed by atoms with Crippen LogP contribution in [0.3, 0.4) is 0 Å². The predicted molar refractivity (Wildman–Crippen MR) is 89.7 cm³/mol. The monoisotopic (exact) mass is 309 g/mol. The Morgan fingerprint density at radius 2 is 1.96 bits per heavy atom. The fraction of sp³-hybridized carbons (Fsp3) is 0.222. The molecule has 2 aromatic heterocycles. The largest absolute Gasteiger partial charge is 0.497 e. The molecule has 0 bridgehead atoms. The van der Waals surface area contributed by atoms with E-state index in [0.717, 1.165) is 22.7 Å². The molecule has 5 heteroatoms. The molecule has 0 radical (unpaired) electrons. The zero-order valence-electron chi connectivity index (χ0n) is 13.5. The minimum atomic E-state index is 0.0158. The number of nitrogens with zero attached hydrogens (tertiary/aromatic N) is 3. The van der Waals surface area contributed by atoms with Gasteiger partial charge >= 0.3 is 0 Å². The van der Waals surface area contributed by atoms with Gasteiger partial charge in [0.15, 0.2) is 0 Å². The summed E-state index contributed by atoms with van der Waals surface area (Å²) >= 11 is 0. The van der Waals surface area contributed by atoms with Crippen molar-refractivity contribution in [3.8, 4) is 17.1 Å². The van der Waals surface area contributed by atoms with Gasteiger partial charge in [0.25, 0.3) is 5.56 Å². The first-order valence-electron chi connectivity index (χ1n) is 7.40. The molecule has 0 saturated heterocycles. The van der Waals surface area contributed by atoms with E-state index in [-0.39, 0.29) is 5.56 Å². The van der Waals surface area contributed by atoms with E-state index in [4.69, 9.17) is 4.74 Å². The number of hydrogen-bond acceptors (Lipinski definition) is 3. The molecular formula is C18H19N3O2. The Hall–Kier alpha value is -2.82. The van der Waals surface area contributed by atoms with Gasteiger partial charge in [-0.1, -0.05) is 12.1 Å². The number of hydrogen-bond donors (Lipinski definition) is 0. The van der Waals surface area contributed by atoms with E-state index in [0.29, 0.717) is 12.1 Å². The first kappa shape index (κ1) is 15.1. The Bertz CT molecular complexity index is 850. The Morgan fingerprint density at radius 3 is 2.61 bits per heavy atom. The van der Waals surface area contributed by atoms with E-state index in [1.54, 1.807) is 24.9 Å². The molecule has 3 rings (SSSR count). The number of imidazole rings is 1. The van der Waals surface area contributed by atoms with E-state index in [9.17, 15) is 4.79 Å². The molecule has 5 nitrogen and oxygen atoms in total. The normalized spacial score (nSPS) is 10.7. The molecule has 0 aliphatic heterocycles. The highest BCUT2D eigenvalue weighted by Crippen LogP contribution is 2.19. The lowest BCUT2D eigenvalue weighted by atomic mass is 10.2. The maximum Gasteiger partial charge on any atom is 0.253 e. The Balaban J connectivity index is 1.94. The van der Waals surface area contributed by atoms with Crippen molar-refractivity contribution in [2.45, 2.75) is 13.5 Å². The van der Waals surface area contributed by atoms with Crippen molar-refractivity contribution in [3.05, 3.63) is 70.4 Å². The molecule has 0 N–H and O–H groups in total. The van der Waals surface area contributed by atoms with Crippen molar-refractivity contribution < 1.29 is 4.74 Å². The smallest absolute Gasteiger partial charge is 0.253 e. The van der Waals surface area contributed by atoms with Crippen molar-refractivity contribution in [1.82, 2.24) is 14.1 Å².